The predicted molar refractivity (Wildman–Crippen MR) is 117 cm³/mol. The number of amides is 1. The van der Waals surface area contributed by atoms with Gasteiger partial charge in [-0.05, 0) is 65.5 Å². The molecule has 0 bridgehead atoms. The number of rotatable bonds is 7. The van der Waals surface area contributed by atoms with E-state index in [1.165, 1.54) is 11.3 Å². The molecule has 0 N–H and O–H groups in total. The molecule has 150 valence electrons. The molecule has 0 aliphatic heterocycles. The second-order valence-corrected chi connectivity index (χ2v) is 8.79. The summed E-state index contributed by atoms with van der Waals surface area (Å²) in [6.45, 7) is 7.50. The van der Waals surface area contributed by atoms with E-state index in [2.05, 4.69) is 10.00 Å². The van der Waals surface area contributed by atoms with E-state index in [4.69, 9.17) is 16.6 Å². The van der Waals surface area contributed by atoms with Crippen molar-refractivity contribution in [3.63, 3.8) is 0 Å². The minimum absolute atomic E-state index is 0.0854. The van der Waals surface area contributed by atoms with Crippen LogP contribution < -0.4 is 4.90 Å². The fourth-order valence-electron chi connectivity index (χ4n) is 3.07. The van der Waals surface area contributed by atoms with Crippen LogP contribution in [0.5, 0.6) is 0 Å². The number of hydrogen-bond acceptors (Lipinski definition) is 5. The number of hydrogen-bond donors (Lipinski definition) is 0. The Labute approximate surface area is 174 Å². The minimum atomic E-state index is -0.0854. The van der Waals surface area contributed by atoms with Crippen LogP contribution in [0.2, 0.25) is 5.02 Å². The van der Waals surface area contributed by atoms with Gasteiger partial charge < -0.3 is 4.90 Å². The number of aryl methyl sites for hydroxylation is 1. The standard InChI is InChI=1S/C20H26ClN5OS/c1-13(2)26-16(9-10-22-26)19(27)25(12-6-11-24(4)5)20-23-17-14(3)7-8-15(21)18(17)28-20/h7-10,13H,6,11-12H2,1-5H3. The summed E-state index contributed by atoms with van der Waals surface area (Å²) in [6.07, 6.45) is 2.52. The molecular weight excluding hydrogens is 394 g/mol. The minimum Gasteiger partial charge on any atom is -0.309 e. The van der Waals surface area contributed by atoms with Gasteiger partial charge in [-0.1, -0.05) is 29.0 Å². The molecule has 0 atom stereocenters. The molecule has 1 aromatic carbocycles. The first-order valence-corrected chi connectivity index (χ1v) is 10.5. The summed E-state index contributed by atoms with van der Waals surface area (Å²) in [4.78, 5) is 22.1. The Morgan fingerprint density at radius 3 is 2.64 bits per heavy atom. The Morgan fingerprint density at radius 2 is 2.00 bits per heavy atom. The summed E-state index contributed by atoms with van der Waals surface area (Å²) in [7, 11) is 4.06. The average Bonchev–Trinajstić information content (AvgIpc) is 3.29. The highest BCUT2D eigenvalue weighted by Crippen LogP contribution is 2.36. The van der Waals surface area contributed by atoms with Gasteiger partial charge in [0.1, 0.15) is 5.69 Å². The number of benzene rings is 1. The van der Waals surface area contributed by atoms with Crippen LogP contribution in [-0.4, -0.2) is 52.8 Å². The maximum absolute atomic E-state index is 13.4. The Hall–Kier alpha value is -1.96. The highest BCUT2D eigenvalue weighted by Gasteiger charge is 2.25. The molecule has 8 heteroatoms. The summed E-state index contributed by atoms with van der Waals surface area (Å²) in [6, 6.07) is 5.71. The molecular formula is C20H26ClN5OS. The van der Waals surface area contributed by atoms with Gasteiger partial charge in [-0.3, -0.25) is 14.4 Å². The first kappa shape index (κ1) is 20.8. The van der Waals surface area contributed by atoms with Crippen molar-refractivity contribution in [2.75, 3.05) is 32.1 Å². The van der Waals surface area contributed by atoms with Crippen LogP contribution in [0.15, 0.2) is 24.4 Å². The molecule has 0 fully saturated rings. The number of carbonyl (C=O) groups is 1. The molecule has 2 heterocycles. The Bertz CT molecular complexity index is 939. The molecule has 1 amide bonds. The molecule has 0 saturated carbocycles. The molecule has 0 unspecified atom stereocenters. The molecule has 3 aromatic rings. The molecule has 0 saturated heterocycles. The van der Waals surface area contributed by atoms with Crippen molar-refractivity contribution in [2.45, 2.75) is 33.2 Å². The molecule has 2 aromatic heterocycles. The number of halogens is 1. The lowest BCUT2D eigenvalue weighted by molar-refractivity contribution is 0.0974. The van der Waals surface area contributed by atoms with Crippen LogP contribution in [0.3, 0.4) is 0 Å². The van der Waals surface area contributed by atoms with Crippen LogP contribution in [0.25, 0.3) is 10.2 Å². The lowest BCUT2D eigenvalue weighted by Crippen LogP contribution is -2.35. The van der Waals surface area contributed by atoms with Gasteiger partial charge in [0.15, 0.2) is 5.13 Å². The lowest BCUT2D eigenvalue weighted by Gasteiger charge is -2.22. The molecule has 0 spiro atoms. The van der Waals surface area contributed by atoms with Gasteiger partial charge in [0, 0.05) is 18.8 Å². The van der Waals surface area contributed by atoms with E-state index in [-0.39, 0.29) is 11.9 Å². The van der Waals surface area contributed by atoms with Crippen molar-refractivity contribution in [3.05, 3.63) is 40.7 Å². The second-order valence-electron chi connectivity index (χ2n) is 7.41. The highest BCUT2D eigenvalue weighted by atomic mass is 35.5. The fraction of sp³-hybridized carbons (Fsp3) is 0.450. The topological polar surface area (TPSA) is 54.3 Å². The molecule has 0 radical (unpaired) electrons. The van der Waals surface area contributed by atoms with E-state index < -0.39 is 0 Å². The van der Waals surface area contributed by atoms with E-state index >= 15 is 0 Å². The first-order chi connectivity index (χ1) is 13.3. The number of nitrogens with zero attached hydrogens (tertiary/aromatic N) is 5. The van der Waals surface area contributed by atoms with Crippen molar-refractivity contribution < 1.29 is 4.79 Å². The van der Waals surface area contributed by atoms with E-state index in [1.54, 1.807) is 21.8 Å². The summed E-state index contributed by atoms with van der Waals surface area (Å²) in [5.74, 6) is -0.0854. The van der Waals surface area contributed by atoms with Crippen LogP contribution in [0.4, 0.5) is 5.13 Å². The Morgan fingerprint density at radius 1 is 1.25 bits per heavy atom. The number of aromatic nitrogens is 3. The predicted octanol–water partition coefficient (Wildman–Crippen LogP) is 4.63. The van der Waals surface area contributed by atoms with Gasteiger partial charge in [0.25, 0.3) is 5.91 Å². The number of anilines is 1. The third kappa shape index (κ3) is 4.21. The zero-order valence-corrected chi connectivity index (χ0v) is 18.5. The third-order valence-corrected chi connectivity index (χ3v) is 6.07. The van der Waals surface area contributed by atoms with Gasteiger partial charge >= 0.3 is 0 Å². The van der Waals surface area contributed by atoms with Crippen molar-refractivity contribution in [2.24, 2.45) is 0 Å². The quantitative estimate of drug-likeness (QED) is 0.560. The lowest BCUT2D eigenvalue weighted by atomic mass is 10.2. The molecule has 6 nitrogen and oxygen atoms in total. The SMILES string of the molecule is Cc1ccc(Cl)c2sc(N(CCCN(C)C)C(=O)c3ccnn3C(C)C)nc12. The third-order valence-electron chi connectivity index (χ3n) is 4.53. The molecule has 28 heavy (non-hydrogen) atoms. The highest BCUT2D eigenvalue weighted by molar-refractivity contribution is 7.23. The van der Waals surface area contributed by atoms with Crippen LogP contribution in [-0.2, 0) is 0 Å². The maximum Gasteiger partial charge on any atom is 0.278 e. The van der Waals surface area contributed by atoms with Gasteiger partial charge in [-0.2, -0.15) is 5.10 Å². The van der Waals surface area contributed by atoms with Gasteiger partial charge in [0.05, 0.1) is 15.2 Å². The smallest absolute Gasteiger partial charge is 0.278 e. The molecule has 0 aliphatic carbocycles. The summed E-state index contributed by atoms with van der Waals surface area (Å²) in [5.41, 5.74) is 2.48. The summed E-state index contributed by atoms with van der Waals surface area (Å²) in [5, 5.41) is 5.65. The summed E-state index contributed by atoms with van der Waals surface area (Å²) < 4.78 is 2.67. The molecule has 3 rings (SSSR count). The van der Waals surface area contributed by atoms with E-state index in [0.29, 0.717) is 22.4 Å². The van der Waals surface area contributed by atoms with E-state index in [1.807, 2.05) is 47.0 Å². The van der Waals surface area contributed by atoms with Crippen molar-refractivity contribution in [1.29, 1.82) is 0 Å². The number of thiazole rings is 1. The van der Waals surface area contributed by atoms with Crippen molar-refractivity contribution >= 4 is 44.2 Å². The second kappa shape index (κ2) is 8.59. The maximum atomic E-state index is 13.4. The van der Waals surface area contributed by atoms with Gasteiger partial charge in [-0.15, -0.1) is 0 Å². The molecule has 0 aliphatic rings. The Kier molecular flexibility index (Phi) is 6.37. The van der Waals surface area contributed by atoms with Crippen molar-refractivity contribution in [3.8, 4) is 0 Å². The first-order valence-electron chi connectivity index (χ1n) is 9.35. The van der Waals surface area contributed by atoms with Gasteiger partial charge in [-0.25, -0.2) is 4.98 Å². The normalized spacial score (nSPS) is 11.7. The Balaban J connectivity index is 2.02. The summed E-state index contributed by atoms with van der Waals surface area (Å²) >= 11 is 7.85. The van der Waals surface area contributed by atoms with E-state index in [0.717, 1.165) is 28.7 Å². The largest absolute Gasteiger partial charge is 0.309 e. The monoisotopic (exact) mass is 419 g/mol. The zero-order chi connectivity index (χ0) is 20.4. The van der Waals surface area contributed by atoms with Gasteiger partial charge in [0.2, 0.25) is 0 Å². The number of fused-ring (bicyclic) bond motifs is 1. The number of carbonyl (C=O) groups excluding carboxylic acids is 1. The van der Waals surface area contributed by atoms with Crippen LogP contribution in [0, 0.1) is 6.92 Å². The average molecular weight is 420 g/mol. The van der Waals surface area contributed by atoms with E-state index in [9.17, 15) is 4.79 Å². The fourth-order valence-corrected chi connectivity index (χ4v) is 4.41. The van der Waals surface area contributed by atoms with Crippen LogP contribution >= 0.6 is 22.9 Å². The van der Waals surface area contributed by atoms with Crippen LogP contribution in [0.1, 0.15) is 42.4 Å². The zero-order valence-electron chi connectivity index (χ0n) is 16.9. The van der Waals surface area contributed by atoms with Crippen molar-refractivity contribution in [1.82, 2.24) is 19.7 Å².